The number of nitrogens with zero attached hydrogens (tertiary/aromatic N) is 6. The number of anilines is 2. The number of amides is 3. The molecule has 0 bridgehead atoms. The van der Waals surface area contributed by atoms with Gasteiger partial charge in [-0.1, -0.05) is 41.7 Å². The molecule has 1 atom stereocenters. The van der Waals surface area contributed by atoms with Crippen molar-refractivity contribution < 1.29 is 27.5 Å². The SMILES string of the molecule is COC(=O)N1CCC2(C1)CN(C(=O)Nc1nc3ccc(OC)nc3s1)c1ccc(S(=O)(=O)N(CCN(C)C)Cc3ccccc3)cc12. The zero-order valence-electron chi connectivity index (χ0n) is 26.7. The van der Waals surface area contributed by atoms with E-state index in [1.807, 2.05) is 49.3 Å². The number of methoxy groups -OCH3 is 2. The number of aromatic nitrogens is 2. The van der Waals surface area contributed by atoms with E-state index in [9.17, 15) is 18.0 Å². The Morgan fingerprint density at radius 3 is 2.53 bits per heavy atom. The maximum absolute atomic E-state index is 14.3. The Morgan fingerprint density at radius 2 is 1.81 bits per heavy atom. The van der Waals surface area contributed by atoms with E-state index >= 15 is 0 Å². The summed E-state index contributed by atoms with van der Waals surface area (Å²) < 4.78 is 40.2. The van der Waals surface area contributed by atoms with Crippen LogP contribution in [0.3, 0.4) is 0 Å². The summed E-state index contributed by atoms with van der Waals surface area (Å²) in [5.74, 6) is 0.445. The van der Waals surface area contributed by atoms with Gasteiger partial charge in [0.05, 0.1) is 19.1 Å². The number of urea groups is 1. The van der Waals surface area contributed by atoms with Gasteiger partial charge in [-0.2, -0.15) is 4.31 Å². The smallest absolute Gasteiger partial charge is 0.409 e. The van der Waals surface area contributed by atoms with Crippen molar-refractivity contribution in [1.29, 1.82) is 0 Å². The van der Waals surface area contributed by atoms with Crippen LogP contribution in [-0.4, -0.2) is 106 Å². The Balaban J connectivity index is 1.35. The van der Waals surface area contributed by atoms with E-state index in [0.717, 1.165) is 5.56 Å². The van der Waals surface area contributed by atoms with Crippen LogP contribution in [0.4, 0.5) is 20.4 Å². The van der Waals surface area contributed by atoms with Gasteiger partial charge in [0.15, 0.2) is 5.13 Å². The first-order chi connectivity index (χ1) is 22.5. The van der Waals surface area contributed by atoms with E-state index in [-0.39, 0.29) is 24.5 Å². The maximum Gasteiger partial charge on any atom is 0.409 e. The van der Waals surface area contributed by atoms with Crippen LogP contribution in [-0.2, 0) is 26.7 Å². The monoisotopic (exact) mass is 679 g/mol. The summed E-state index contributed by atoms with van der Waals surface area (Å²) in [5, 5.41) is 3.27. The number of ether oxygens (including phenoxy) is 2. The van der Waals surface area contributed by atoms with Crippen molar-refractivity contribution in [3.05, 3.63) is 71.8 Å². The van der Waals surface area contributed by atoms with Crippen LogP contribution in [0.1, 0.15) is 17.5 Å². The first-order valence-electron chi connectivity index (χ1n) is 15.1. The molecule has 4 heterocycles. The van der Waals surface area contributed by atoms with E-state index < -0.39 is 27.6 Å². The summed E-state index contributed by atoms with van der Waals surface area (Å²) in [6.45, 7) is 1.98. The standard InChI is InChI=1S/C32H37N7O6S2/c1-36(2)16-17-38(19-22-8-6-5-7-9-22)47(42,43)23-10-12-26-24(18-23)32(14-15-37(20-32)31(41)45-4)21-39(26)30(40)35-29-33-25-11-13-27(44-3)34-28(25)46-29/h5-13,18H,14-17,19-21H2,1-4H3,(H,33,35,40). The van der Waals surface area contributed by atoms with Gasteiger partial charge in [0.25, 0.3) is 0 Å². The molecule has 13 nitrogen and oxygen atoms in total. The average molecular weight is 680 g/mol. The molecule has 4 aromatic rings. The highest BCUT2D eigenvalue weighted by Gasteiger charge is 2.50. The average Bonchev–Trinajstić information content (AvgIpc) is 3.77. The number of sulfonamides is 1. The molecule has 1 spiro atoms. The third-order valence-electron chi connectivity index (χ3n) is 8.61. The quantitative estimate of drug-likeness (QED) is 0.276. The highest BCUT2D eigenvalue weighted by molar-refractivity contribution is 7.89. The minimum Gasteiger partial charge on any atom is -0.481 e. The summed E-state index contributed by atoms with van der Waals surface area (Å²) in [7, 11) is 2.72. The van der Waals surface area contributed by atoms with Crippen LogP contribution < -0.4 is 15.0 Å². The van der Waals surface area contributed by atoms with Crippen molar-refractivity contribution in [2.75, 3.05) is 71.3 Å². The Hall–Kier alpha value is -4.31. The molecule has 1 fully saturated rings. The van der Waals surface area contributed by atoms with E-state index in [2.05, 4.69) is 15.3 Å². The fraction of sp³-hybridized carbons (Fsp3) is 0.375. The van der Waals surface area contributed by atoms with Crippen LogP contribution in [0.25, 0.3) is 10.3 Å². The van der Waals surface area contributed by atoms with Gasteiger partial charge in [0.1, 0.15) is 10.3 Å². The molecule has 2 aliphatic heterocycles. The number of nitrogens with one attached hydrogen (secondary N) is 1. The molecular formula is C32H37N7O6S2. The summed E-state index contributed by atoms with van der Waals surface area (Å²) in [6, 6.07) is 17.5. The lowest BCUT2D eigenvalue weighted by molar-refractivity contribution is 0.131. The molecule has 3 amide bonds. The maximum atomic E-state index is 14.3. The van der Waals surface area contributed by atoms with Crippen molar-refractivity contribution in [3.8, 4) is 5.88 Å². The van der Waals surface area contributed by atoms with Crippen molar-refractivity contribution in [2.24, 2.45) is 0 Å². The number of rotatable bonds is 9. The highest BCUT2D eigenvalue weighted by atomic mass is 32.2. The molecule has 1 saturated heterocycles. The lowest BCUT2D eigenvalue weighted by atomic mass is 9.81. The van der Waals surface area contributed by atoms with Gasteiger partial charge in [-0.25, -0.2) is 28.0 Å². The number of carbonyl (C=O) groups is 2. The second-order valence-electron chi connectivity index (χ2n) is 11.9. The second-order valence-corrected chi connectivity index (χ2v) is 14.9. The number of carbonyl (C=O) groups excluding carboxylic acids is 2. The van der Waals surface area contributed by atoms with Gasteiger partial charge >= 0.3 is 12.1 Å². The second kappa shape index (κ2) is 13.1. The third-order valence-corrected chi connectivity index (χ3v) is 11.3. The van der Waals surface area contributed by atoms with Crippen LogP contribution in [0.15, 0.2) is 65.6 Å². The van der Waals surface area contributed by atoms with Gasteiger partial charge in [0.2, 0.25) is 15.9 Å². The molecule has 47 heavy (non-hydrogen) atoms. The molecule has 2 aromatic carbocycles. The predicted octanol–water partition coefficient (Wildman–Crippen LogP) is 4.21. The molecule has 2 aromatic heterocycles. The largest absolute Gasteiger partial charge is 0.481 e. The van der Waals surface area contributed by atoms with Gasteiger partial charge in [-0.05, 0) is 55.9 Å². The molecule has 248 valence electrons. The molecule has 2 aliphatic rings. The van der Waals surface area contributed by atoms with E-state index in [1.54, 1.807) is 40.1 Å². The number of benzene rings is 2. The molecular weight excluding hydrogens is 643 g/mol. The minimum atomic E-state index is -3.95. The Labute approximate surface area is 277 Å². The number of likely N-dealkylation sites (tertiary alicyclic amines) is 1. The Kier molecular flexibility index (Phi) is 9.07. The first kappa shape index (κ1) is 32.6. The van der Waals surface area contributed by atoms with Crippen molar-refractivity contribution in [1.82, 2.24) is 24.1 Å². The number of pyridine rings is 1. The lowest BCUT2D eigenvalue weighted by Crippen LogP contribution is -2.41. The van der Waals surface area contributed by atoms with E-state index in [1.165, 1.54) is 29.9 Å². The van der Waals surface area contributed by atoms with E-state index in [0.29, 0.717) is 58.7 Å². The number of likely N-dealkylation sites (N-methyl/N-ethyl adjacent to an activating group) is 1. The van der Waals surface area contributed by atoms with Gasteiger partial charge in [-0.15, -0.1) is 0 Å². The molecule has 0 saturated carbocycles. The van der Waals surface area contributed by atoms with Crippen LogP contribution >= 0.6 is 11.3 Å². The fourth-order valence-corrected chi connectivity index (χ4v) is 8.42. The van der Waals surface area contributed by atoms with Gasteiger partial charge in [0, 0.05) is 56.4 Å². The highest BCUT2D eigenvalue weighted by Crippen LogP contribution is 2.48. The summed E-state index contributed by atoms with van der Waals surface area (Å²) in [4.78, 5) is 41.2. The van der Waals surface area contributed by atoms with Crippen molar-refractivity contribution in [3.63, 3.8) is 0 Å². The number of thiazole rings is 1. The lowest BCUT2D eigenvalue weighted by Gasteiger charge is -2.26. The summed E-state index contributed by atoms with van der Waals surface area (Å²) in [6.07, 6.45) is 0.0620. The molecule has 0 radical (unpaired) electrons. The third kappa shape index (κ3) is 6.48. The fourth-order valence-electron chi connectivity index (χ4n) is 6.15. The van der Waals surface area contributed by atoms with E-state index in [4.69, 9.17) is 9.47 Å². The van der Waals surface area contributed by atoms with Crippen LogP contribution in [0, 0.1) is 0 Å². The van der Waals surface area contributed by atoms with Crippen molar-refractivity contribution in [2.45, 2.75) is 23.3 Å². The zero-order valence-corrected chi connectivity index (χ0v) is 28.3. The van der Waals surface area contributed by atoms with Crippen LogP contribution in [0.5, 0.6) is 5.88 Å². The molecule has 1 unspecified atom stereocenters. The molecule has 15 heteroatoms. The molecule has 0 aliphatic carbocycles. The zero-order chi connectivity index (χ0) is 33.3. The van der Waals surface area contributed by atoms with Crippen molar-refractivity contribution >= 4 is 54.7 Å². The predicted molar refractivity (Wildman–Crippen MR) is 180 cm³/mol. The number of hydrogen-bond acceptors (Lipinski definition) is 10. The van der Waals surface area contributed by atoms with Crippen LogP contribution in [0.2, 0.25) is 0 Å². The Morgan fingerprint density at radius 1 is 1.02 bits per heavy atom. The minimum absolute atomic E-state index is 0.135. The summed E-state index contributed by atoms with van der Waals surface area (Å²) in [5.41, 5.74) is 2.09. The molecule has 6 rings (SSSR count). The number of hydrogen-bond donors (Lipinski definition) is 1. The number of fused-ring (bicyclic) bond motifs is 3. The Bertz CT molecular complexity index is 1900. The van der Waals surface area contributed by atoms with Gasteiger partial charge < -0.3 is 19.3 Å². The first-order valence-corrected chi connectivity index (χ1v) is 17.3. The molecule has 1 N–H and O–H groups in total. The van der Waals surface area contributed by atoms with Gasteiger partial charge in [-0.3, -0.25) is 10.2 Å². The normalized spacial score (nSPS) is 17.6. The topological polar surface area (TPSA) is 138 Å². The summed E-state index contributed by atoms with van der Waals surface area (Å²) >= 11 is 1.22.